The van der Waals surface area contributed by atoms with Crippen LogP contribution < -0.4 is 16.0 Å². The van der Waals surface area contributed by atoms with E-state index < -0.39 is 6.10 Å². The van der Waals surface area contributed by atoms with Crippen molar-refractivity contribution in [3.8, 4) is 11.3 Å². The molecule has 1 atom stereocenters. The normalized spacial score (nSPS) is 22.1. The SMILES string of the molecule is OCC(O)CNC1CCC(Nc2cc(-c3nc(NCC4CCOCC4)ccc3Cl)c(Cl)cn2)CC1. The quantitative estimate of drug-likeness (QED) is 0.318. The van der Waals surface area contributed by atoms with Gasteiger partial charge in [-0.05, 0) is 62.6 Å². The van der Waals surface area contributed by atoms with Crippen molar-refractivity contribution < 1.29 is 14.9 Å². The van der Waals surface area contributed by atoms with Crippen LogP contribution in [-0.2, 0) is 4.74 Å². The van der Waals surface area contributed by atoms with E-state index in [1.54, 1.807) is 6.20 Å². The molecule has 8 nitrogen and oxygen atoms in total. The molecule has 1 saturated heterocycles. The Bertz CT molecular complexity index is 953. The second-order valence-electron chi connectivity index (χ2n) is 9.45. The van der Waals surface area contributed by atoms with E-state index in [1.165, 1.54) is 0 Å². The topological polar surface area (TPSA) is 112 Å². The fraction of sp³-hybridized carbons (Fsp3) is 0.600. The molecule has 1 saturated carbocycles. The Kier molecular flexibility index (Phi) is 9.83. The van der Waals surface area contributed by atoms with Crippen molar-refractivity contribution in [2.24, 2.45) is 5.92 Å². The van der Waals surface area contributed by atoms with E-state index in [4.69, 9.17) is 38.0 Å². The molecule has 1 aliphatic carbocycles. The highest BCUT2D eigenvalue weighted by Crippen LogP contribution is 2.34. The molecule has 2 fully saturated rings. The summed E-state index contributed by atoms with van der Waals surface area (Å²) in [5, 5.41) is 29.9. The van der Waals surface area contributed by atoms with Gasteiger partial charge in [-0.3, -0.25) is 0 Å². The van der Waals surface area contributed by atoms with Gasteiger partial charge < -0.3 is 30.9 Å². The number of aliphatic hydroxyl groups is 2. The molecule has 10 heteroatoms. The zero-order valence-electron chi connectivity index (χ0n) is 19.9. The van der Waals surface area contributed by atoms with Gasteiger partial charge in [-0.15, -0.1) is 0 Å². The summed E-state index contributed by atoms with van der Waals surface area (Å²) in [4.78, 5) is 9.25. The first kappa shape index (κ1) is 26.4. The lowest BCUT2D eigenvalue weighted by Crippen LogP contribution is -2.41. The van der Waals surface area contributed by atoms with Gasteiger partial charge in [0.05, 0.1) is 28.5 Å². The van der Waals surface area contributed by atoms with Crippen LogP contribution in [0, 0.1) is 5.92 Å². The van der Waals surface area contributed by atoms with Crippen LogP contribution in [0.15, 0.2) is 24.4 Å². The standard InChI is InChI=1S/C25H35Cl2N5O3/c26-21-5-6-23(29-12-16-7-9-35-10-8-16)32-25(21)20-11-24(30-14-22(20)27)31-18-3-1-17(2-4-18)28-13-19(34)15-33/h5-6,11,14,16-19,28,33-34H,1-4,7-10,12-13,15H2,(H,29,32)(H,30,31). The van der Waals surface area contributed by atoms with Crippen LogP contribution >= 0.6 is 23.2 Å². The summed E-state index contributed by atoms with van der Waals surface area (Å²) >= 11 is 13.0. The summed E-state index contributed by atoms with van der Waals surface area (Å²) < 4.78 is 5.44. The molecule has 1 aliphatic heterocycles. The van der Waals surface area contributed by atoms with E-state index in [9.17, 15) is 5.11 Å². The molecular formula is C25H35Cl2N5O3. The minimum absolute atomic E-state index is 0.220. The van der Waals surface area contributed by atoms with Gasteiger partial charge in [-0.2, -0.15) is 0 Å². The molecule has 0 aromatic carbocycles. The summed E-state index contributed by atoms with van der Waals surface area (Å²) in [5.74, 6) is 2.10. The molecule has 2 aliphatic rings. The van der Waals surface area contributed by atoms with Gasteiger partial charge >= 0.3 is 0 Å². The van der Waals surface area contributed by atoms with E-state index in [2.05, 4.69) is 20.9 Å². The first-order chi connectivity index (χ1) is 17.0. The van der Waals surface area contributed by atoms with Crippen molar-refractivity contribution >= 4 is 34.8 Å². The first-order valence-corrected chi connectivity index (χ1v) is 13.2. The number of halogens is 2. The highest BCUT2D eigenvalue weighted by molar-refractivity contribution is 6.36. The highest BCUT2D eigenvalue weighted by atomic mass is 35.5. The summed E-state index contributed by atoms with van der Waals surface area (Å²) in [5.41, 5.74) is 1.38. The third kappa shape index (κ3) is 7.65. The van der Waals surface area contributed by atoms with Gasteiger partial charge in [-0.1, -0.05) is 23.2 Å². The van der Waals surface area contributed by atoms with Crippen LogP contribution in [0.5, 0.6) is 0 Å². The lowest BCUT2D eigenvalue weighted by molar-refractivity contribution is 0.0699. The predicted molar refractivity (Wildman–Crippen MR) is 140 cm³/mol. The number of nitrogens with zero attached hydrogens (tertiary/aromatic N) is 2. The third-order valence-electron chi connectivity index (χ3n) is 6.80. The van der Waals surface area contributed by atoms with E-state index in [-0.39, 0.29) is 6.61 Å². The number of hydrogen-bond donors (Lipinski definition) is 5. The highest BCUT2D eigenvalue weighted by Gasteiger charge is 2.22. The first-order valence-electron chi connectivity index (χ1n) is 12.4. The number of aromatic nitrogens is 2. The van der Waals surface area contributed by atoms with Crippen LogP contribution in [0.4, 0.5) is 11.6 Å². The molecule has 3 heterocycles. The maximum atomic E-state index is 9.54. The van der Waals surface area contributed by atoms with Crippen LogP contribution in [0.1, 0.15) is 38.5 Å². The van der Waals surface area contributed by atoms with Gasteiger partial charge in [0.2, 0.25) is 0 Å². The van der Waals surface area contributed by atoms with Crippen LogP contribution in [-0.4, -0.2) is 71.3 Å². The molecule has 0 amide bonds. The van der Waals surface area contributed by atoms with Gasteiger partial charge in [0.25, 0.3) is 0 Å². The molecule has 192 valence electrons. The summed E-state index contributed by atoms with van der Waals surface area (Å²) in [6, 6.07) is 6.31. The third-order valence-corrected chi connectivity index (χ3v) is 7.41. The van der Waals surface area contributed by atoms with Crippen LogP contribution in [0.3, 0.4) is 0 Å². The lowest BCUT2D eigenvalue weighted by atomic mass is 9.91. The van der Waals surface area contributed by atoms with Crippen LogP contribution in [0.2, 0.25) is 10.0 Å². The summed E-state index contributed by atoms with van der Waals surface area (Å²) in [6.07, 6.45) is 6.99. The monoisotopic (exact) mass is 523 g/mol. The van der Waals surface area contributed by atoms with Crippen molar-refractivity contribution in [2.45, 2.75) is 56.7 Å². The summed E-state index contributed by atoms with van der Waals surface area (Å²) in [6.45, 7) is 2.68. The summed E-state index contributed by atoms with van der Waals surface area (Å²) in [7, 11) is 0. The molecule has 1 unspecified atom stereocenters. The van der Waals surface area contributed by atoms with Gasteiger partial charge in [0, 0.05) is 50.1 Å². The molecule has 4 rings (SSSR count). The van der Waals surface area contributed by atoms with Crippen molar-refractivity contribution in [2.75, 3.05) is 43.5 Å². The average molecular weight is 524 g/mol. The van der Waals surface area contributed by atoms with Gasteiger partial charge in [-0.25, -0.2) is 9.97 Å². The maximum absolute atomic E-state index is 9.54. The van der Waals surface area contributed by atoms with Crippen LogP contribution in [0.25, 0.3) is 11.3 Å². The maximum Gasteiger partial charge on any atom is 0.126 e. The zero-order chi connectivity index (χ0) is 24.6. The molecule has 0 radical (unpaired) electrons. The molecule has 0 bridgehead atoms. The molecule has 2 aromatic heterocycles. The predicted octanol–water partition coefficient (Wildman–Crippen LogP) is 3.95. The number of ether oxygens (including phenoxy) is 1. The van der Waals surface area contributed by atoms with Crippen molar-refractivity contribution in [3.63, 3.8) is 0 Å². The Morgan fingerprint density at radius 2 is 1.74 bits per heavy atom. The minimum atomic E-state index is -0.710. The Morgan fingerprint density at radius 3 is 2.49 bits per heavy atom. The van der Waals surface area contributed by atoms with Gasteiger partial charge in [0.1, 0.15) is 11.6 Å². The molecular weight excluding hydrogens is 489 g/mol. The van der Waals surface area contributed by atoms with Crippen molar-refractivity contribution in [1.29, 1.82) is 0 Å². The Morgan fingerprint density at radius 1 is 1.00 bits per heavy atom. The lowest BCUT2D eigenvalue weighted by Gasteiger charge is -2.30. The van der Waals surface area contributed by atoms with Gasteiger partial charge in [0.15, 0.2) is 0 Å². The Labute approximate surface area is 216 Å². The van der Waals surface area contributed by atoms with E-state index in [0.717, 1.165) is 75.5 Å². The Hall–Kier alpha value is -1.68. The van der Waals surface area contributed by atoms with E-state index in [1.807, 2.05) is 18.2 Å². The fourth-order valence-electron chi connectivity index (χ4n) is 4.65. The number of rotatable bonds is 10. The van der Waals surface area contributed by atoms with Crippen molar-refractivity contribution in [1.82, 2.24) is 15.3 Å². The Balaban J connectivity index is 1.37. The zero-order valence-corrected chi connectivity index (χ0v) is 21.4. The number of aliphatic hydroxyl groups excluding tert-OH is 2. The van der Waals surface area contributed by atoms with Crippen molar-refractivity contribution in [3.05, 3.63) is 34.4 Å². The second kappa shape index (κ2) is 13.0. The average Bonchev–Trinajstić information content (AvgIpc) is 2.89. The number of pyridine rings is 2. The number of anilines is 2. The fourth-order valence-corrected chi connectivity index (χ4v) is 5.05. The van der Waals surface area contributed by atoms with E-state index >= 15 is 0 Å². The molecule has 35 heavy (non-hydrogen) atoms. The minimum Gasteiger partial charge on any atom is -0.394 e. The number of hydrogen-bond acceptors (Lipinski definition) is 8. The number of nitrogens with one attached hydrogen (secondary N) is 3. The largest absolute Gasteiger partial charge is 0.394 e. The molecule has 0 spiro atoms. The molecule has 5 N–H and O–H groups in total. The second-order valence-corrected chi connectivity index (χ2v) is 10.3. The smallest absolute Gasteiger partial charge is 0.126 e. The van der Waals surface area contributed by atoms with E-state index in [0.29, 0.717) is 40.3 Å². The molecule has 2 aromatic rings.